The summed E-state index contributed by atoms with van der Waals surface area (Å²) in [5.74, 6) is -3.90. The van der Waals surface area contributed by atoms with Crippen molar-refractivity contribution in [2.45, 2.75) is 57.5 Å². The molecule has 1 saturated heterocycles. The molecule has 0 radical (unpaired) electrons. The maximum atomic E-state index is 13.0. The number of nitrogens with zero attached hydrogens (tertiary/aromatic N) is 1. The molecule has 1 N–H and O–H groups in total. The molecule has 0 aliphatic carbocycles. The van der Waals surface area contributed by atoms with Gasteiger partial charge < -0.3 is 5.32 Å². The van der Waals surface area contributed by atoms with Crippen molar-refractivity contribution >= 4 is 0 Å². The van der Waals surface area contributed by atoms with E-state index in [1.165, 1.54) is 4.90 Å². The molecule has 1 heterocycles. The van der Waals surface area contributed by atoms with Gasteiger partial charge in [0.1, 0.15) is 0 Å². The molecule has 1 aliphatic rings. The Kier molecular flexibility index (Phi) is 5.85. The summed E-state index contributed by atoms with van der Waals surface area (Å²) in [6, 6.07) is 0.231. The van der Waals surface area contributed by atoms with E-state index in [0.717, 1.165) is 25.8 Å². The van der Waals surface area contributed by atoms with Crippen molar-refractivity contribution in [2.24, 2.45) is 0 Å². The van der Waals surface area contributed by atoms with E-state index in [9.17, 15) is 17.6 Å². The van der Waals surface area contributed by atoms with Crippen LogP contribution in [0.15, 0.2) is 0 Å². The lowest BCUT2D eigenvalue weighted by atomic mass is 9.97. The fourth-order valence-electron chi connectivity index (χ4n) is 2.33. The van der Waals surface area contributed by atoms with Crippen LogP contribution in [0.1, 0.15) is 33.1 Å². The zero-order valence-electron chi connectivity index (χ0n) is 10.9. The summed E-state index contributed by atoms with van der Waals surface area (Å²) in [5, 5.41) is 3.35. The minimum Gasteiger partial charge on any atom is -0.314 e. The third kappa shape index (κ3) is 4.39. The van der Waals surface area contributed by atoms with E-state index < -0.39 is 18.9 Å². The molecule has 0 spiro atoms. The molecular formula is C12H22F4N2. The highest BCUT2D eigenvalue weighted by atomic mass is 19.3. The summed E-state index contributed by atoms with van der Waals surface area (Å²) in [5.41, 5.74) is 0. The van der Waals surface area contributed by atoms with Gasteiger partial charge in [-0.05, 0) is 32.7 Å². The number of halogens is 4. The van der Waals surface area contributed by atoms with E-state index in [1.807, 2.05) is 6.92 Å². The molecule has 0 saturated carbocycles. The van der Waals surface area contributed by atoms with Crippen LogP contribution in [0, 0.1) is 0 Å². The predicted molar refractivity (Wildman–Crippen MR) is 63.3 cm³/mol. The predicted octanol–water partition coefficient (Wildman–Crippen LogP) is 2.74. The Balaban J connectivity index is 2.43. The van der Waals surface area contributed by atoms with Crippen LogP contribution in [0.2, 0.25) is 0 Å². The van der Waals surface area contributed by atoms with Crippen LogP contribution in [0.25, 0.3) is 0 Å². The summed E-state index contributed by atoms with van der Waals surface area (Å²) in [6.45, 7) is 4.40. The van der Waals surface area contributed by atoms with Crippen molar-refractivity contribution in [3.8, 4) is 0 Å². The highest BCUT2D eigenvalue weighted by molar-refractivity contribution is 4.86. The molecule has 1 fully saturated rings. The molecule has 0 aromatic carbocycles. The molecule has 0 bridgehead atoms. The second kappa shape index (κ2) is 6.70. The fourth-order valence-corrected chi connectivity index (χ4v) is 2.33. The van der Waals surface area contributed by atoms with Crippen LogP contribution in [0.4, 0.5) is 17.6 Å². The van der Waals surface area contributed by atoms with Crippen LogP contribution < -0.4 is 5.32 Å². The third-order valence-corrected chi connectivity index (χ3v) is 3.43. The van der Waals surface area contributed by atoms with Crippen LogP contribution in [-0.2, 0) is 0 Å². The van der Waals surface area contributed by atoms with Crippen molar-refractivity contribution in [1.82, 2.24) is 10.2 Å². The summed E-state index contributed by atoms with van der Waals surface area (Å²) in [7, 11) is 0. The number of hydrogen-bond donors (Lipinski definition) is 1. The van der Waals surface area contributed by atoms with Crippen molar-refractivity contribution in [3.05, 3.63) is 0 Å². The number of likely N-dealkylation sites (tertiary alicyclic amines) is 1. The van der Waals surface area contributed by atoms with Gasteiger partial charge in [0.25, 0.3) is 0 Å². The number of alkyl halides is 4. The Morgan fingerprint density at radius 2 is 2.06 bits per heavy atom. The lowest BCUT2D eigenvalue weighted by molar-refractivity contribution is -0.148. The van der Waals surface area contributed by atoms with Crippen molar-refractivity contribution in [1.29, 1.82) is 0 Å². The van der Waals surface area contributed by atoms with Crippen molar-refractivity contribution in [3.63, 3.8) is 0 Å². The van der Waals surface area contributed by atoms with E-state index >= 15 is 0 Å². The monoisotopic (exact) mass is 270 g/mol. The Hall–Kier alpha value is -0.360. The molecule has 6 heteroatoms. The first-order chi connectivity index (χ1) is 8.36. The van der Waals surface area contributed by atoms with Gasteiger partial charge in [-0.1, -0.05) is 6.92 Å². The largest absolute Gasteiger partial charge is 0.319 e. The van der Waals surface area contributed by atoms with Gasteiger partial charge in [-0.3, -0.25) is 4.90 Å². The standard InChI is InChI=1S/C12H22F4N2/c1-3-5-17-10-4-6-18(9(2)7-10)8-12(15,16)11(13)14/h9-11,17H,3-8H2,1-2H3. The number of piperidine rings is 1. The van der Waals surface area contributed by atoms with E-state index in [4.69, 9.17) is 0 Å². The van der Waals surface area contributed by atoms with Gasteiger partial charge in [-0.2, -0.15) is 8.78 Å². The van der Waals surface area contributed by atoms with Crippen molar-refractivity contribution < 1.29 is 17.6 Å². The lowest BCUT2D eigenvalue weighted by Crippen LogP contribution is -2.52. The van der Waals surface area contributed by atoms with Gasteiger partial charge in [-0.25, -0.2) is 8.78 Å². The minimum atomic E-state index is -3.90. The quantitative estimate of drug-likeness (QED) is 0.747. The topological polar surface area (TPSA) is 15.3 Å². The number of nitrogens with one attached hydrogen (secondary N) is 1. The van der Waals surface area contributed by atoms with Crippen LogP contribution in [0.3, 0.4) is 0 Å². The second-order valence-corrected chi connectivity index (χ2v) is 5.06. The zero-order chi connectivity index (χ0) is 13.8. The molecule has 18 heavy (non-hydrogen) atoms. The molecule has 108 valence electrons. The van der Waals surface area contributed by atoms with Crippen LogP contribution >= 0.6 is 0 Å². The molecular weight excluding hydrogens is 248 g/mol. The second-order valence-electron chi connectivity index (χ2n) is 5.06. The minimum absolute atomic E-state index is 0.0854. The summed E-state index contributed by atoms with van der Waals surface area (Å²) in [6.07, 6.45) is -1.08. The molecule has 0 aromatic heterocycles. The maximum absolute atomic E-state index is 13.0. The van der Waals surface area contributed by atoms with Gasteiger partial charge >= 0.3 is 12.3 Å². The van der Waals surface area contributed by atoms with Crippen LogP contribution in [-0.4, -0.2) is 49.0 Å². The molecule has 2 nitrogen and oxygen atoms in total. The first-order valence-electron chi connectivity index (χ1n) is 6.50. The Morgan fingerprint density at radius 3 is 2.56 bits per heavy atom. The molecule has 0 aromatic rings. The van der Waals surface area contributed by atoms with E-state index in [0.29, 0.717) is 12.6 Å². The first-order valence-corrected chi connectivity index (χ1v) is 6.50. The molecule has 2 atom stereocenters. The molecule has 1 aliphatic heterocycles. The first kappa shape index (κ1) is 15.7. The number of rotatable bonds is 6. The highest BCUT2D eigenvalue weighted by Crippen LogP contribution is 2.27. The highest BCUT2D eigenvalue weighted by Gasteiger charge is 2.43. The SMILES string of the molecule is CCCNC1CCN(CC(F)(F)C(F)F)C(C)C1. The average molecular weight is 270 g/mol. The Labute approximate surface area is 106 Å². The molecule has 1 rings (SSSR count). The normalized spacial score (nSPS) is 26.8. The summed E-state index contributed by atoms with van der Waals surface area (Å²) < 4.78 is 50.3. The lowest BCUT2D eigenvalue weighted by Gasteiger charge is -2.39. The molecule has 0 amide bonds. The van der Waals surface area contributed by atoms with Crippen LogP contribution in [0.5, 0.6) is 0 Å². The van der Waals surface area contributed by atoms with Gasteiger partial charge in [0, 0.05) is 18.6 Å². The number of hydrogen-bond acceptors (Lipinski definition) is 2. The summed E-state index contributed by atoms with van der Waals surface area (Å²) >= 11 is 0. The third-order valence-electron chi connectivity index (χ3n) is 3.43. The van der Waals surface area contributed by atoms with Gasteiger partial charge in [0.15, 0.2) is 0 Å². The van der Waals surface area contributed by atoms with E-state index in [1.54, 1.807) is 0 Å². The zero-order valence-corrected chi connectivity index (χ0v) is 10.9. The Morgan fingerprint density at radius 1 is 1.39 bits per heavy atom. The molecule has 2 unspecified atom stereocenters. The maximum Gasteiger partial charge on any atom is 0.319 e. The van der Waals surface area contributed by atoms with E-state index in [2.05, 4.69) is 12.2 Å². The summed E-state index contributed by atoms with van der Waals surface area (Å²) in [4.78, 5) is 1.47. The Bertz CT molecular complexity index is 248. The van der Waals surface area contributed by atoms with Gasteiger partial charge in [0.2, 0.25) is 0 Å². The average Bonchev–Trinajstić information content (AvgIpc) is 2.29. The van der Waals surface area contributed by atoms with E-state index in [-0.39, 0.29) is 6.04 Å². The van der Waals surface area contributed by atoms with Gasteiger partial charge in [-0.15, -0.1) is 0 Å². The smallest absolute Gasteiger partial charge is 0.314 e. The fraction of sp³-hybridized carbons (Fsp3) is 1.00. The van der Waals surface area contributed by atoms with Crippen molar-refractivity contribution in [2.75, 3.05) is 19.6 Å². The van der Waals surface area contributed by atoms with Gasteiger partial charge in [0.05, 0.1) is 6.54 Å².